The summed E-state index contributed by atoms with van der Waals surface area (Å²) in [7, 11) is 0. The van der Waals surface area contributed by atoms with Gasteiger partial charge in [-0.2, -0.15) is 0 Å². The maximum atomic E-state index is 11.0. The third-order valence-corrected chi connectivity index (χ3v) is 3.99. The third-order valence-electron chi connectivity index (χ3n) is 3.99. The van der Waals surface area contributed by atoms with Gasteiger partial charge < -0.3 is 15.8 Å². The topological polar surface area (TPSA) is 77.2 Å². The predicted molar refractivity (Wildman–Crippen MR) is 102 cm³/mol. The smallest absolute Gasteiger partial charge is 0.221 e. The lowest BCUT2D eigenvalue weighted by Crippen LogP contribution is -2.13. The maximum absolute atomic E-state index is 11.0. The fraction of sp³-hybridized carbons (Fsp3) is 0.368. The Morgan fingerprint density at radius 3 is 2.64 bits per heavy atom. The number of benzene rings is 1. The number of nitrogens with zero attached hydrogens (tertiary/aromatic N) is 1. The molecule has 25 heavy (non-hydrogen) atoms. The van der Waals surface area contributed by atoms with Crippen molar-refractivity contribution in [2.45, 2.75) is 45.6 Å². The number of hydrogen-bond donors (Lipinski definition) is 2. The van der Waals surface area contributed by atoms with E-state index in [0.29, 0.717) is 5.88 Å². The zero-order valence-corrected chi connectivity index (χ0v) is 15.4. The van der Waals surface area contributed by atoms with Crippen LogP contribution in [0.5, 0.6) is 5.88 Å². The summed E-state index contributed by atoms with van der Waals surface area (Å²) in [5.41, 5.74) is 10.6. The minimum atomic E-state index is -0.321. The van der Waals surface area contributed by atoms with Crippen molar-refractivity contribution in [3.05, 3.63) is 47.2 Å². The molecule has 1 aromatic carbocycles. The minimum absolute atomic E-state index is 0. The third kappa shape index (κ3) is 4.86. The number of rotatable bonds is 6. The number of hydrogen-bond acceptors (Lipinski definition) is 4. The molecule has 0 radical (unpaired) electrons. The van der Waals surface area contributed by atoms with Crippen LogP contribution in [0.4, 0.5) is 11.4 Å². The summed E-state index contributed by atoms with van der Waals surface area (Å²) in [6.45, 7) is 4.00. The number of aryl methyl sites for hydroxylation is 1. The van der Waals surface area contributed by atoms with Gasteiger partial charge in [-0.05, 0) is 56.4 Å². The van der Waals surface area contributed by atoms with Gasteiger partial charge in [0, 0.05) is 23.1 Å². The molecule has 1 aliphatic carbocycles. The Bertz CT molecular complexity index is 745. The number of halogens is 1. The van der Waals surface area contributed by atoms with E-state index in [4.69, 9.17) is 10.5 Å². The van der Waals surface area contributed by atoms with Crippen molar-refractivity contribution < 1.29 is 9.53 Å². The summed E-state index contributed by atoms with van der Waals surface area (Å²) in [5, 5.41) is 3.46. The lowest BCUT2D eigenvalue weighted by Gasteiger charge is -2.15. The number of nitrogens with one attached hydrogen (secondary N) is 1. The average Bonchev–Trinajstić information content (AvgIpc) is 2.96. The molecular weight excluding hydrogens is 338 g/mol. The maximum Gasteiger partial charge on any atom is 0.221 e. The first kappa shape index (κ1) is 19.1. The van der Waals surface area contributed by atoms with E-state index in [9.17, 15) is 4.79 Å². The van der Waals surface area contributed by atoms with Crippen LogP contribution in [-0.4, -0.2) is 17.0 Å². The summed E-state index contributed by atoms with van der Waals surface area (Å²) < 4.78 is 5.78. The molecule has 0 atom stereocenters. The highest BCUT2D eigenvalue weighted by Crippen LogP contribution is 2.33. The first-order chi connectivity index (χ1) is 11.5. The Labute approximate surface area is 154 Å². The van der Waals surface area contributed by atoms with Crippen LogP contribution >= 0.6 is 12.4 Å². The van der Waals surface area contributed by atoms with Crippen LogP contribution in [0.25, 0.3) is 0 Å². The van der Waals surface area contributed by atoms with Gasteiger partial charge in [-0.3, -0.25) is 4.79 Å². The van der Waals surface area contributed by atoms with Crippen molar-refractivity contribution in [1.29, 1.82) is 0 Å². The van der Waals surface area contributed by atoms with Gasteiger partial charge in [0.2, 0.25) is 11.8 Å². The van der Waals surface area contributed by atoms with Gasteiger partial charge in [0.25, 0.3) is 0 Å². The Morgan fingerprint density at radius 1 is 1.28 bits per heavy atom. The zero-order valence-electron chi connectivity index (χ0n) is 14.5. The summed E-state index contributed by atoms with van der Waals surface area (Å²) in [5.74, 6) is 0.344. The molecule has 3 N–H and O–H groups in total. The highest BCUT2D eigenvalue weighted by molar-refractivity contribution is 5.85. The van der Waals surface area contributed by atoms with Gasteiger partial charge in [0.05, 0.1) is 12.5 Å². The van der Waals surface area contributed by atoms with Crippen molar-refractivity contribution in [2.75, 3.05) is 5.32 Å². The van der Waals surface area contributed by atoms with E-state index < -0.39 is 0 Å². The molecule has 0 unspecified atom stereocenters. The van der Waals surface area contributed by atoms with Gasteiger partial charge in [-0.15, -0.1) is 12.4 Å². The molecule has 1 aromatic heterocycles. The van der Waals surface area contributed by atoms with E-state index in [-0.39, 0.29) is 30.8 Å². The van der Waals surface area contributed by atoms with Crippen molar-refractivity contribution in [2.24, 2.45) is 5.73 Å². The number of amides is 1. The number of anilines is 2. The quantitative estimate of drug-likeness (QED) is 0.824. The molecule has 1 amide bonds. The van der Waals surface area contributed by atoms with Crippen LogP contribution in [0.3, 0.4) is 0 Å². The number of pyridine rings is 1. The molecular formula is C19H24ClN3O2. The van der Waals surface area contributed by atoms with E-state index in [1.807, 2.05) is 44.2 Å². The van der Waals surface area contributed by atoms with Crippen molar-refractivity contribution >= 4 is 29.7 Å². The Balaban J connectivity index is 0.00000225. The zero-order chi connectivity index (χ0) is 17.1. The molecule has 0 aliphatic heterocycles. The molecule has 5 nitrogen and oxygen atoms in total. The van der Waals surface area contributed by atoms with E-state index >= 15 is 0 Å². The number of ether oxygens (including phenoxy) is 1. The van der Waals surface area contributed by atoms with Gasteiger partial charge in [0.1, 0.15) is 0 Å². The van der Waals surface area contributed by atoms with E-state index in [1.54, 1.807) is 0 Å². The largest absolute Gasteiger partial charge is 0.475 e. The highest BCUT2D eigenvalue weighted by Gasteiger charge is 2.19. The standard InChI is InChI=1S/C19H23N3O2.ClH/c1-12(2)24-19-11-17(15-4-3-5-16(15)22-19)21-14-8-6-13(7-9-14)10-18(20)23;/h6-9,11-12H,3-5,10H2,1-2H3,(H2,20,23)(H,21,22);1H. The summed E-state index contributed by atoms with van der Waals surface area (Å²) >= 11 is 0. The molecule has 0 saturated carbocycles. The van der Waals surface area contributed by atoms with Crippen LogP contribution in [0.15, 0.2) is 30.3 Å². The molecule has 0 bridgehead atoms. The number of nitrogens with two attached hydrogens (primary N) is 1. The van der Waals surface area contributed by atoms with Crippen molar-refractivity contribution in [3.63, 3.8) is 0 Å². The van der Waals surface area contributed by atoms with Gasteiger partial charge >= 0.3 is 0 Å². The number of carbonyl (C=O) groups excluding carboxylic acids is 1. The fourth-order valence-electron chi connectivity index (χ4n) is 2.99. The average molecular weight is 362 g/mol. The second-order valence-corrected chi connectivity index (χ2v) is 6.42. The molecule has 1 heterocycles. The molecule has 0 saturated heterocycles. The monoisotopic (exact) mass is 361 g/mol. The van der Waals surface area contributed by atoms with E-state index in [2.05, 4.69) is 10.3 Å². The molecule has 1 aliphatic rings. The van der Waals surface area contributed by atoms with Crippen LogP contribution in [-0.2, 0) is 24.1 Å². The lowest BCUT2D eigenvalue weighted by molar-refractivity contribution is -0.117. The van der Waals surface area contributed by atoms with E-state index in [1.165, 1.54) is 5.56 Å². The molecule has 134 valence electrons. The Hall–Kier alpha value is -2.27. The van der Waals surface area contributed by atoms with Crippen LogP contribution < -0.4 is 15.8 Å². The SMILES string of the molecule is CC(C)Oc1cc(Nc2ccc(CC(N)=O)cc2)c2c(n1)CCC2.Cl. The molecule has 2 aromatic rings. The first-order valence-corrected chi connectivity index (χ1v) is 8.35. The van der Waals surface area contributed by atoms with E-state index in [0.717, 1.165) is 41.9 Å². The second-order valence-electron chi connectivity index (χ2n) is 6.42. The number of aromatic nitrogens is 1. The number of fused-ring (bicyclic) bond motifs is 1. The van der Waals surface area contributed by atoms with Crippen LogP contribution in [0.1, 0.15) is 37.1 Å². The van der Waals surface area contributed by atoms with Crippen molar-refractivity contribution in [3.8, 4) is 5.88 Å². The van der Waals surface area contributed by atoms with Crippen LogP contribution in [0.2, 0.25) is 0 Å². The lowest BCUT2D eigenvalue weighted by atomic mass is 10.1. The normalized spacial score (nSPS) is 12.4. The number of carbonyl (C=O) groups is 1. The number of primary amides is 1. The Kier molecular flexibility index (Phi) is 6.26. The first-order valence-electron chi connectivity index (χ1n) is 8.35. The fourth-order valence-corrected chi connectivity index (χ4v) is 2.99. The molecule has 0 spiro atoms. The summed E-state index contributed by atoms with van der Waals surface area (Å²) in [4.78, 5) is 15.6. The molecule has 3 rings (SSSR count). The summed E-state index contributed by atoms with van der Waals surface area (Å²) in [6, 6.07) is 9.73. The van der Waals surface area contributed by atoms with Gasteiger partial charge in [0.15, 0.2) is 0 Å². The molecule has 6 heteroatoms. The minimum Gasteiger partial charge on any atom is -0.475 e. The Morgan fingerprint density at radius 2 is 2.00 bits per heavy atom. The van der Waals surface area contributed by atoms with Gasteiger partial charge in [-0.1, -0.05) is 12.1 Å². The van der Waals surface area contributed by atoms with Gasteiger partial charge in [-0.25, -0.2) is 4.98 Å². The highest BCUT2D eigenvalue weighted by atomic mass is 35.5. The van der Waals surface area contributed by atoms with Crippen molar-refractivity contribution in [1.82, 2.24) is 4.98 Å². The second kappa shape index (κ2) is 8.21. The summed E-state index contributed by atoms with van der Waals surface area (Å²) in [6.07, 6.45) is 3.51. The predicted octanol–water partition coefficient (Wildman–Crippen LogP) is 3.55. The molecule has 0 fully saturated rings. The van der Waals surface area contributed by atoms with Crippen LogP contribution in [0, 0.1) is 0 Å².